The summed E-state index contributed by atoms with van der Waals surface area (Å²) in [5.41, 5.74) is 2.08. The van der Waals surface area contributed by atoms with Crippen LogP contribution in [0.5, 0.6) is 0 Å². The number of hydrogen-bond donors (Lipinski definition) is 2. The summed E-state index contributed by atoms with van der Waals surface area (Å²) in [7, 11) is 0. The molecule has 1 amide bonds. The number of rotatable bonds is 5. The Bertz CT molecular complexity index is 896. The summed E-state index contributed by atoms with van der Waals surface area (Å²) in [4.78, 5) is 28.2. The van der Waals surface area contributed by atoms with Crippen LogP contribution < -0.4 is 10.6 Å². The number of carbonyl (C=O) groups is 1. The van der Waals surface area contributed by atoms with Crippen molar-refractivity contribution in [1.29, 1.82) is 0 Å². The predicted octanol–water partition coefficient (Wildman–Crippen LogP) is 4.27. The van der Waals surface area contributed by atoms with E-state index < -0.39 is 0 Å². The third-order valence-corrected chi connectivity index (χ3v) is 6.55. The van der Waals surface area contributed by atoms with Crippen LogP contribution in [0.4, 0.5) is 11.5 Å². The number of pyridine rings is 1. The van der Waals surface area contributed by atoms with Crippen molar-refractivity contribution in [3.8, 4) is 0 Å². The highest BCUT2D eigenvalue weighted by molar-refractivity contribution is 5.76. The van der Waals surface area contributed by atoms with Gasteiger partial charge in [0.05, 0.1) is 18.1 Å². The van der Waals surface area contributed by atoms with Crippen LogP contribution in [0.15, 0.2) is 36.9 Å². The van der Waals surface area contributed by atoms with E-state index in [0.717, 1.165) is 50.2 Å². The van der Waals surface area contributed by atoms with Gasteiger partial charge in [-0.25, -0.2) is 4.98 Å². The van der Waals surface area contributed by atoms with E-state index in [2.05, 4.69) is 64.2 Å². The minimum absolute atomic E-state index is 0.0716. The topological polar surface area (TPSA) is 83.0 Å². The number of piperidine rings is 2. The molecule has 0 aliphatic carbocycles. The van der Waals surface area contributed by atoms with Gasteiger partial charge in [0.25, 0.3) is 0 Å². The van der Waals surface area contributed by atoms with Gasteiger partial charge in [-0.05, 0) is 71.4 Å². The number of aromatic nitrogens is 3. The zero-order chi connectivity index (χ0) is 22.8. The van der Waals surface area contributed by atoms with Gasteiger partial charge >= 0.3 is 0 Å². The Morgan fingerprint density at radius 3 is 2.56 bits per heavy atom. The maximum absolute atomic E-state index is 13.2. The fraction of sp³-hybridized carbons (Fsp3) is 0.600. The van der Waals surface area contributed by atoms with Crippen molar-refractivity contribution in [2.45, 2.75) is 76.8 Å². The van der Waals surface area contributed by atoms with E-state index in [1.54, 1.807) is 18.6 Å². The lowest BCUT2D eigenvalue weighted by molar-refractivity contribution is -0.134. The number of likely N-dealkylation sites (tertiary alicyclic amines) is 1. The molecule has 2 N–H and O–H groups in total. The lowest BCUT2D eigenvalue weighted by atomic mass is 9.74. The first-order valence-electron chi connectivity index (χ1n) is 11.8. The van der Waals surface area contributed by atoms with Gasteiger partial charge in [0.2, 0.25) is 5.91 Å². The molecule has 2 saturated heterocycles. The summed E-state index contributed by atoms with van der Waals surface area (Å²) in [6.07, 6.45) is 11.7. The molecule has 0 radical (unpaired) electrons. The minimum Gasteiger partial charge on any atom is -0.342 e. The lowest BCUT2D eigenvalue weighted by Crippen LogP contribution is -2.58. The highest BCUT2D eigenvalue weighted by Crippen LogP contribution is 2.35. The summed E-state index contributed by atoms with van der Waals surface area (Å²) in [6.45, 7) is 10.6. The zero-order valence-electron chi connectivity index (χ0n) is 19.8. The number of amides is 1. The predicted molar refractivity (Wildman–Crippen MR) is 127 cm³/mol. The highest BCUT2D eigenvalue weighted by atomic mass is 16.2. The number of carbonyl (C=O) groups excluding carboxylic acids is 1. The molecule has 0 spiro atoms. The van der Waals surface area contributed by atoms with Gasteiger partial charge in [0, 0.05) is 54.6 Å². The Labute approximate surface area is 191 Å². The van der Waals surface area contributed by atoms with E-state index in [0.29, 0.717) is 30.0 Å². The molecule has 2 aromatic heterocycles. The van der Waals surface area contributed by atoms with Crippen LogP contribution in [0.1, 0.15) is 71.4 Å². The molecular weight excluding hydrogens is 400 g/mol. The second-order valence-corrected chi connectivity index (χ2v) is 10.7. The highest BCUT2D eigenvalue weighted by Gasteiger charge is 2.39. The van der Waals surface area contributed by atoms with Crippen molar-refractivity contribution in [3.63, 3.8) is 0 Å². The van der Waals surface area contributed by atoms with Crippen molar-refractivity contribution in [1.82, 2.24) is 25.2 Å². The third kappa shape index (κ3) is 5.82. The molecule has 4 rings (SSSR count). The van der Waals surface area contributed by atoms with Crippen molar-refractivity contribution < 1.29 is 4.79 Å². The number of hydrogen-bond acceptors (Lipinski definition) is 6. The standard InChI is InChI=1S/C25H36N6O/c1-24(2)13-18(14-25(3,4)30-24)12-23(32)31-11-5-6-19(17-31)21-8-7-20(15-28-21)29-22-16-26-9-10-27-22/h7-10,15-16,18-19,30H,5-6,11-14,17H2,1-4H3,(H,27,29)/t19-/m0/s1. The van der Waals surface area contributed by atoms with Gasteiger partial charge < -0.3 is 15.5 Å². The van der Waals surface area contributed by atoms with Crippen molar-refractivity contribution in [2.75, 3.05) is 18.4 Å². The molecule has 7 heteroatoms. The van der Waals surface area contributed by atoms with Crippen LogP contribution in [0.25, 0.3) is 0 Å². The van der Waals surface area contributed by atoms with E-state index in [-0.39, 0.29) is 11.1 Å². The molecule has 2 fully saturated rings. The van der Waals surface area contributed by atoms with Gasteiger partial charge in [-0.3, -0.25) is 14.8 Å². The largest absolute Gasteiger partial charge is 0.342 e. The fourth-order valence-electron chi connectivity index (χ4n) is 5.73. The quantitative estimate of drug-likeness (QED) is 0.728. The smallest absolute Gasteiger partial charge is 0.222 e. The van der Waals surface area contributed by atoms with Gasteiger partial charge in [-0.1, -0.05) is 0 Å². The summed E-state index contributed by atoms with van der Waals surface area (Å²) in [5.74, 6) is 1.72. The van der Waals surface area contributed by atoms with Crippen molar-refractivity contribution in [2.24, 2.45) is 5.92 Å². The normalized spacial score (nSPS) is 23.0. The van der Waals surface area contributed by atoms with Gasteiger partial charge in [0.1, 0.15) is 5.82 Å². The first-order valence-corrected chi connectivity index (χ1v) is 11.8. The van der Waals surface area contributed by atoms with Gasteiger partial charge in [-0.15, -0.1) is 0 Å². The van der Waals surface area contributed by atoms with Crippen molar-refractivity contribution >= 4 is 17.4 Å². The molecule has 2 aliphatic heterocycles. The SMILES string of the molecule is CC1(C)CC(CC(=O)N2CCC[C@H](c3ccc(Nc4cnccn4)cn3)C2)CC(C)(C)N1. The van der Waals surface area contributed by atoms with Crippen LogP contribution in [-0.4, -0.2) is 49.9 Å². The molecule has 2 aromatic rings. The second-order valence-electron chi connectivity index (χ2n) is 10.7. The molecule has 0 saturated carbocycles. The Kier molecular flexibility index (Phi) is 6.47. The third-order valence-electron chi connectivity index (χ3n) is 6.55. The van der Waals surface area contributed by atoms with Gasteiger partial charge in [0.15, 0.2) is 0 Å². The van der Waals surface area contributed by atoms with E-state index in [1.165, 1.54) is 0 Å². The summed E-state index contributed by atoms with van der Waals surface area (Å²) in [6, 6.07) is 4.09. The zero-order valence-corrected chi connectivity index (χ0v) is 19.8. The summed E-state index contributed by atoms with van der Waals surface area (Å²) >= 11 is 0. The number of nitrogens with one attached hydrogen (secondary N) is 2. The Hall–Kier alpha value is -2.54. The first kappa shape index (κ1) is 22.6. The molecule has 7 nitrogen and oxygen atoms in total. The van der Waals surface area contributed by atoms with E-state index >= 15 is 0 Å². The summed E-state index contributed by atoms with van der Waals surface area (Å²) in [5, 5.41) is 6.93. The molecule has 32 heavy (non-hydrogen) atoms. The monoisotopic (exact) mass is 436 g/mol. The van der Waals surface area contributed by atoms with Crippen molar-refractivity contribution in [3.05, 3.63) is 42.6 Å². The fourth-order valence-corrected chi connectivity index (χ4v) is 5.73. The minimum atomic E-state index is 0.0716. The average molecular weight is 437 g/mol. The Morgan fingerprint density at radius 1 is 1.12 bits per heavy atom. The number of nitrogens with zero attached hydrogens (tertiary/aromatic N) is 4. The molecule has 172 valence electrons. The molecule has 4 heterocycles. The maximum atomic E-state index is 13.2. The van der Waals surface area contributed by atoms with E-state index in [9.17, 15) is 4.79 Å². The Morgan fingerprint density at radius 2 is 1.91 bits per heavy atom. The molecule has 1 atom stereocenters. The molecule has 0 bridgehead atoms. The van der Waals surface area contributed by atoms with E-state index in [4.69, 9.17) is 0 Å². The molecule has 2 aliphatic rings. The van der Waals surface area contributed by atoms with Crippen LogP contribution >= 0.6 is 0 Å². The Balaban J connectivity index is 1.35. The maximum Gasteiger partial charge on any atom is 0.222 e. The van der Waals surface area contributed by atoms with Crippen LogP contribution in [0.3, 0.4) is 0 Å². The van der Waals surface area contributed by atoms with Crippen LogP contribution in [-0.2, 0) is 4.79 Å². The van der Waals surface area contributed by atoms with Gasteiger partial charge in [-0.2, -0.15) is 0 Å². The first-order chi connectivity index (χ1) is 15.2. The number of anilines is 2. The molecular formula is C25H36N6O. The van der Waals surface area contributed by atoms with Crippen LogP contribution in [0.2, 0.25) is 0 Å². The van der Waals surface area contributed by atoms with Crippen LogP contribution in [0, 0.1) is 5.92 Å². The second kappa shape index (κ2) is 9.14. The molecule has 0 unspecified atom stereocenters. The summed E-state index contributed by atoms with van der Waals surface area (Å²) < 4.78 is 0. The van der Waals surface area contributed by atoms with E-state index in [1.807, 2.05) is 12.3 Å². The molecule has 0 aromatic carbocycles. The lowest BCUT2D eigenvalue weighted by Gasteiger charge is -2.47. The average Bonchev–Trinajstić information content (AvgIpc) is 2.73.